The van der Waals surface area contributed by atoms with Crippen molar-refractivity contribution in [2.24, 2.45) is 0 Å². The molecular weight excluding hydrogens is 282 g/mol. The van der Waals surface area contributed by atoms with Crippen molar-refractivity contribution in [3.63, 3.8) is 0 Å². The van der Waals surface area contributed by atoms with Gasteiger partial charge in [-0.15, -0.1) is 0 Å². The first-order valence-corrected chi connectivity index (χ1v) is 9.34. The summed E-state index contributed by atoms with van der Waals surface area (Å²) in [5.41, 5.74) is 0. The van der Waals surface area contributed by atoms with E-state index in [9.17, 15) is 21.6 Å². The Balaban J connectivity index is 2.66. The number of hydrogen-bond acceptors (Lipinski definition) is 6. The Bertz CT molecular complexity index is 495. The van der Waals surface area contributed by atoms with Crippen LogP contribution in [0.1, 0.15) is 6.42 Å². The molecule has 9 heteroatoms. The summed E-state index contributed by atoms with van der Waals surface area (Å²) in [4.78, 5) is 12.6. The van der Waals surface area contributed by atoms with Crippen LogP contribution in [0.4, 0.5) is 0 Å². The van der Waals surface area contributed by atoms with Crippen molar-refractivity contribution in [1.29, 1.82) is 0 Å². The van der Waals surface area contributed by atoms with Crippen LogP contribution in [0, 0.1) is 0 Å². The second-order valence-corrected chi connectivity index (χ2v) is 9.02. The van der Waals surface area contributed by atoms with E-state index in [1.807, 2.05) is 0 Å². The highest BCUT2D eigenvalue weighted by Gasteiger charge is 2.31. The maximum absolute atomic E-state index is 11.2. The lowest BCUT2D eigenvalue weighted by Gasteiger charge is -2.31. The summed E-state index contributed by atoms with van der Waals surface area (Å²) < 4.78 is 44.5. The average molecular weight is 299 g/mol. The molecule has 0 amide bonds. The van der Waals surface area contributed by atoms with Gasteiger partial charge < -0.3 is 5.11 Å². The first kappa shape index (κ1) is 15.4. The van der Waals surface area contributed by atoms with Crippen LogP contribution in [0.3, 0.4) is 0 Å². The number of aliphatic carboxylic acids is 1. The second kappa shape index (κ2) is 5.54. The topological polar surface area (TPSA) is 109 Å². The molecule has 1 N–H and O–H groups in total. The molecule has 0 aliphatic carbocycles. The number of carbonyl (C=O) groups is 1. The van der Waals surface area contributed by atoms with Gasteiger partial charge in [-0.25, -0.2) is 16.8 Å². The van der Waals surface area contributed by atoms with Gasteiger partial charge in [-0.1, -0.05) is 0 Å². The van der Waals surface area contributed by atoms with E-state index in [4.69, 9.17) is 5.11 Å². The Morgan fingerprint density at radius 3 is 2.22 bits per heavy atom. The van der Waals surface area contributed by atoms with Gasteiger partial charge in [-0.05, 0) is 6.42 Å². The van der Waals surface area contributed by atoms with Gasteiger partial charge in [0.25, 0.3) is 0 Å². The van der Waals surface area contributed by atoms with Gasteiger partial charge >= 0.3 is 5.97 Å². The van der Waals surface area contributed by atoms with Crippen LogP contribution in [0.25, 0.3) is 0 Å². The predicted molar refractivity (Wildman–Crippen MR) is 66.0 cm³/mol. The van der Waals surface area contributed by atoms with Gasteiger partial charge in [-0.2, -0.15) is 0 Å². The summed E-state index contributed by atoms with van der Waals surface area (Å²) >= 11 is 0. The standard InChI is InChI=1S/C9H17NO6S2/c1-17(13,14)5-2-8(9(11)12)10-3-6-18(15,16)7-4-10/h8H,2-7H2,1H3,(H,11,12). The largest absolute Gasteiger partial charge is 0.480 e. The molecule has 0 aromatic rings. The van der Waals surface area contributed by atoms with Crippen molar-refractivity contribution >= 4 is 25.6 Å². The lowest BCUT2D eigenvalue weighted by Crippen LogP contribution is -2.49. The van der Waals surface area contributed by atoms with E-state index in [2.05, 4.69) is 0 Å². The van der Waals surface area contributed by atoms with Crippen LogP contribution in [0.5, 0.6) is 0 Å². The van der Waals surface area contributed by atoms with E-state index < -0.39 is 31.7 Å². The summed E-state index contributed by atoms with van der Waals surface area (Å²) in [5.74, 6) is -1.48. The third-order valence-electron chi connectivity index (χ3n) is 2.87. The minimum Gasteiger partial charge on any atom is -0.480 e. The fourth-order valence-corrected chi connectivity index (χ4v) is 3.71. The molecule has 0 spiro atoms. The van der Waals surface area contributed by atoms with Crippen molar-refractivity contribution in [3.05, 3.63) is 0 Å². The van der Waals surface area contributed by atoms with Crippen LogP contribution < -0.4 is 0 Å². The highest BCUT2D eigenvalue weighted by molar-refractivity contribution is 7.91. The summed E-state index contributed by atoms with van der Waals surface area (Å²) in [5, 5.41) is 9.07. The molecule has 1 fully saturated rings. The number of nitrogens with zero attached hydrogens (tertiary/aromatic N) is 1. The molecule has 18 heavy (non-hydrogen) atoms. The number of carboxylic acid groups (broad SMARTS) is 1. The van der Waals surface area contributed by atoms with E-state index >= 15 is 0 Å². The molecule has 1 atom stereocenters. The van der Waals surface area contributed by atoms with Gasteiger partial charge in [0, 0.05) is 19.3 Å². The van der Waals surface area contributed by atoms with Crippen LogP contribution >= 0.6 is 0 Å². The predicted octanol–water partition coefficient (Wildman–Crippen LogP) is -1.40. The number of sulfone groups is 2. The lowest BCUT2D eigenvalue weighted by atomic mass is 10.2. The molecule has 0 saturated carbocycles. The minimum atomic E-state index is -3.22. The molecule has 1 aliphatic heterocycles. The first-order chi connectivity index (χ1) is 8.11. The summed E-state index contributed by atoms with van der Waals surface area (Å²) in [6, 6.07) is -0.935. The lowest BCUT2D eigenvalue weighted by molar-refractivity contribution is -0.143. The molecule has 0 aromatic carbocycles. The third-order valence-corrected chi connectivity index (χ3v) is 5.45. The molecule has 1 unspecified atom stereocenters. The van der Waals surface area contributed by atoms with E-state index in [1.54, 1.807) is 0 Å². The fraction of sp³-hybridized carbons (Fsp3) is 0.889. The Morgan fingerprint density at radius 2 is 1.83 bits per heavy atom. The monoisotopic (exact) mass is 299 g/mol. The van der Waals surface area contributed by atoms with Crippen LogP contribution in [0.2, 0.25) is 0 Å². The van der Waals surface area contributed by atoms with Crippen molar-refractivity contribution in [2.45, 2.75) is 12.5 Å². The highest BCUT2D eigenvalue weighted by atomic mass is 32.2. The van der Waals surface area contributed by atoms with E-state index in [1.165, 1.54) is 4.90 Å². The molecular formula is C9H17NO6S2. The molecule has 1 rings (SSSR count). The van der Waals surface area contributed by atoms with Crippen molar-refractivity contribution in [3.8, 4) is 0 Å². The fourth-order valence-electron chi connectivity index (χ4n) is 1.83. The smallest absolute Gasteiger partial charge is 0.320 e. The molecule has 1 heterocycles. The van der Waals surface area contributed by atoms with Crippen LogP contribution in [-0.2, 0) is 24.5 Å². The van der Waals surface area contributed by atoms with E-state index in [0.717, 1.165) is 6.26 Å². The van der Waals surface area contributed by atoms with E-state index in [0.29, 0.717) is 0 Å². The summed E-state index contributed by atoms with van der Waals surface area (Å²) in [7, 11) is -6.29. The molecule has 0 aromatic heterocycles. The Labute approximate surface area is 107 Å². The molecule has 1 saturated heterocycles. The zero-order valence-electron chi connectivity index (χ0n) is 10.1. The Hall–Kier alpha value is -0.670. The quantitative estimate of drug-likeness (QED) is 0.665. The number of carboxylic acids is 1. The maximum atomic E-state index is 11.2. The number of rotatable bonds is 5. The molecule has 7 nitrogen and oxygen atoms in total. The van der Waals surface area contributed by atoms with Crippen LogP contribution in [0.15, 0.2) is 0 Å². The van der Waals surface area contributed by atoms with Gasteiger partial charge in [-0.3, -0.25) is 9.69 Å². The molecule has 106 valence electrons. The van der Waals surface area contributed by atoms with Gasteiger partial charge in [0.2, 0.25) is 0 Å². The van der Waals surface area contributed by atoms with E-state index in [-0.39, 0.29) is 36.8 Å². The zero-order chi connectivity index (χ0) is 14.0. The average Bonchev–Trinajstić information content (AvgIpc) is 2.18. The molecule has 0 bridgehead atoms. The number of hydrogen-bond donors (Lipinski definition) is 1. The summed E-state index contributed by atoms with van der Waals surface area (Å²) in [6.45, 7) is 0.284. The second-order valence-electron chi connectivity index (χ2n) is 4.46. The molecule has 1 aliphatic rings. The molecule has 0 radical (unpaired) electrons. The van der Waals surface area contributed by atoms with Gasteiger partial charge in [0.15, 0.2) is 9.84 Å². The Morgan fingerprint density at radius 1 is 1.33 bits per heavy atom. The SMILES string of the molecule is CS(=O)(=O)CCC(C(=O)O)N1CCS(=O)(=O)CC1. The Kier molecular flexibility index (Phi) is 4.73. The van der Waals surface area contributed by atoms with Crippen molar-refractivity contribution in [1.82, 2.24) is 4.90 Å². The van der Waals surface area contributed by atoms with Crippen molar-refractivity contribution in [2.75, 3.05) is 36.6 Å². The summed E-state index contributed by atoms with van der Waals surface area (Å²) in [6.07, 6.45) is 1.03. The highest BCUT2D eigenvalue weighted by Crippen LogP contribution is 2.12. The van der Waals surface area contributed by atoms with Crippen LogP contribution in [-0.4, -0.2) is 75.5 Å². The third kappa shape index (κ3) is 4.91. The van der Waals surface area contributed by atoms with Crippen molar-refractivity contribution < 1.29 is 26.7 Å². The first-order valence-electron chi connectivity index (χ1n) is 5.46. The van der Waals surface area contributed by atoms with Gasteiger partial charge in [0.1, 0.15) is 15.9 Å². The zero-order valence-corrected chi connectivity index (χ0v) is 11.7. The normalized spacial score (nSPS) is 22.5. The minimum absolute atomic E-state index is 0.0196. The van der Waals surface area contributed by atoms with Gasteiger partial charge in [0.05, 0.1) is 17.3 Å². The maximum Gasteiger partial charge on any atom is 0.320 e.